The smallest absolute Gasteiger partial charge is 0.169 e. The van der Waals surface area contributed by atoms with E-state index in [9.17, 15) is 5.11 Å². The average Bonchev–Trinajstić information content (AvgIpc) is 2.55. The highest BCUT2D eigenvalue weighted by Gasteiger charge is 2.08. The van der Waals surface area contributed by atoms with Gasteiger partial charge in [0.25, 0.3) is 0 Å². The molecule has 0 spiro atoms. The molecular formula is C18H22O3. The Bertz CT molecular complexity index is 576. The Morgan fingerprint density at radius 3 is 2.29 bits per heavy atom. The summed E-state index contributed by atoms with van der Waals surface area (Å²) < 4.78 is 11.2. The van der Waals surface area contributed by atoms with Crippen LogP contribution in [0.4, 0.5) is 0 Å². The van der Waals surface area contributed by atoms with Gasteiger partial charge in [0.05, 0.1) is 13.2 Å². The molecule has 0 radical (unpaired) electrons. The van der Waals surface area contributed by atoms with Crippen molar-refractivity contribution >= 4 is 0 Å². The predicted octanol–water partition coefficient (Wildman–Crippen LogP) is 4.49. The summed E-state index contributed by atoms with van der Waals surface area (Å²) in [7, 11) is 1.64. The lowest BCUT2D eigenvalue weighted by Crippen LogP contribution is -1.95. The molecule has 112 valence electrons. The second-order valence-electron chi connectivity index (χ2n) is 4.93. The topological polar surface area (TPSA) is 38.7 Å². The lowest BCUT2D eigenvalue weighted by atomic mass is 10.1. The van der Waals surface area contributed by atoms with E-state index in [2.05, 4.69) is 6.92 Å². The van der Waals surface area contributed by atoms with Gasteiger partial charge in [0.1, 0.15) is 5.75 Å². The zero-order valence-electron chi connectivity index (χ0n) is 12.8. The summed E-state index contributed by atoms with van der Waals surface area (Å²) in [6.07, 6.45) is 1.24. The van der Waals surface area contributed by atoms with E-state index in [0.717, 1.165) is 23.5 Å². The first-order valence-electron chi connectivity index (χ1n) is 7.30. The summed E-state index contributed by atoms with van der Waals surface area (Å²) >= 11 is 0. The summed E-state index contributed by atoms with van der Waals surface area (Å²) in [5.41, 5.74) is 2.11. The molecule has 2 aromatic rings. The molecule has 0 unspecified atom stereocenters. The van der Waals surface area contributed by atoms with Crippen LogP contribution in [0.25, 0.3) is 0 Å². The van der Waals surface area contributed by atoms with Gasteiger partial charge >= 0.3 is 0 Å². The fourth-order valence-electron chi connectivity index (χ4n) is 2.14. The van der Waals surface area contributed by atoms with Crippen LogP contribution in [0.15, 0.2) is 42.5 Å². The number of ether oxygens (including phenoxy) is 2. The third-order valence-corrected chi connectivity index (χ3v) is 3.52. The Morgan fingerprint density at radius 2 is 1.71 bits per heavy atom. The van der Waals surface area contributed by atoms with Crippen molar-refractivity contribution in [3.8, 4) is 17.2 Å². The van der Waals surface area contributed by atoms with Crippen LogP contribution in [0.5, 0.6) is 17.2 Å². The third kappa shape index (κ3) is 3.76. The number of aliphatic hydroxyl groups is 1. The van der Waals surface area contributed by atoms with Crippen LogP contribution in [0, 0.1) is 0 Å². The van der Waals surface area contributed by atoms with Crippen LogP contribution < -0.4 is 9.47 Å². The normalized spacial score (nSPS) is 12.0. The fraction of sp³-hybridized carbons (Fsp3) is 0.333. The molecule has 0 bridgehead atoms. The first kappa shape index (κ1) is 15.4. The Balaban J connectivity index is 2.18. The van der Waals surface area contributed by atoms with Gasteiger partial charge in [-0.05, 0) is 48.2 Å². The summed E-state index contributed by atoms with van der Waals surface area (Å²) in [4.78, 5) is 0. The quantitative estimate of drug-likeness (QED) is 0.850. The number of aliphatic hydroxyl groups excluding tert-OH is 1. The van der Waals surface area contributed by atoms with Crippen LogP contribution >= 0.6 is 0 Å². The van der Waals surface area contributed by atoms with Crippen molar-refractivity contribution < 1.29 is 14.6 Å². The van der Waals surface area contributed by atoms with Crippen molar-refractivity contribution in [2.75, 3.05) is 7.11 Å². The van der Waals surface area contributed by atoms with Crippen molar-refractivity contribution in [1.82, 2.24) is 0 Å². The number of aryl methyl sites for hydroxylation is 1. The molecule has 0 amide bonds. The molecule has 2 aromatic carbocycles. The zero-order chi connectivity index (χ0) is 15.2. The maximum atomic E-state index is 9.79. The van der Waals surface area contributed by atoms with E-state index in [0.29, 0.717) is 12.2 Å². The van der Waals surface area contributed by atoms with Gasteiger partial charge in [0.15, 0.2) is 11.5 Å². The average molecular weight is 286 g/mol. The molecule has 21 heavy (non-hydrogen) atoms. The number of methoxy groups -OCH3 is 1. The maximum Gasteiger partial charge on any atom is 0.169 e. The van der Waals surface area contributed by atoms with Gasteiger partial charge in [-0.2, -0.15) is 0 Å². The molecule has 1 atom stereocenters. The molecule has 0 fully saturated rings. The molecule has 0 aromatic heterocycles. The third-order valence-electron chi connectivity index (χ3n) is 3.52. The van der Waals surface area contributed by atoms with Gasteiger partial charge < -0.3 is 14.6 Å². The van der Waals surface area contributed by atoms with E-state index >= 15 is 0 Å². The Hall–Kier alpha value is -2.00. The summed E-state index contributed by atoms with van der Waals surface area (Å²) in [5, 5.41) is 9.79. The summed E-state index contributed by atoms with van der Waals surface area (Å²) in [6.45, 7) is 4.06. The molecule has 3 heteroatoms. The van der Waals surface area contributed by atoms with Crippen LogP contribution in [0.3, 0.4) is 0 Å². The molecule has 0 aliphatic heterocycles. The van der Waals surface area contributed by atoms with Crippen molar-refractivity contribution in [3.05, 3.63) is 53.6 Å². The van der Waals surface area contributed by atoms with Gasteiger partial charge in [-0.15, -0.1) is 0 Å². The van der Waals surface area contributed by atoms with Gasteiger partial charge in [-0.25, -0.2) is 0 Å². The molecule has 0 aliphatic carbocycles. The predicted molar refractivity (Wildman–Crippen MR) is 84.1 cm³/mol. The lowest BCUT2D eigenvalue weighted by molar-refractivity contribution is 0.173. The van der Waals surface area contributed by atoms with Gasteiger partial charge in [0, 0.05) is 0 Å². The number of hydrogen-bond donors (Lipinski definition) is 1. The standard InChI is InChI=1S/C18H22O3/c1-4-13-6-11-17(18(12-13)20-3)21-15-9-7-14(8-10-15)16(19)5-2/h6-12,16,19H,4-5H2,1-3H3/t16-/m1/s1. The molecular weight excluding hydrogens is 264 g/mol. The summed E-state index contributed by atoms with van der Waals surface area (Å²) in [6, 6.07) is 13.4. The van der Waals surface area contributed by atoms with Crippen LogP contribution in [0.1, 0.15) is 37.5 Å². The van der Waals surface area contributed by atoms with E-state index in [4.69, 9.17) is 9.47 Å². The summed E-state index contributed by atoms with van der Waals surface area (Å²) in [5.74, 6) is 2.15. The molecule has 0 saturated heterocycles. The van der Waals surface area contributed by atoms with E-state index < -0.39 is 6.10 Å². The first-order chi connectivity index (χ1) is 10.2. The highest BCUT2D eigenvalue weighted by atomic mass is 16.5. The van der Waals surface area contributed by atoms with E-state index in [1.54, 1.807) is 7.11 Å². The van der Waals surface area contributed by atoms with E-state index in [-0.39, 0.29) is 0 Å². The highest BCUT2D eigenvalue weighted by molar-refractivity contribution is 5.45. The van der Waals surface area contributed by atoms with E-state index in [1.165, 1.54) is 5.56 Å². The highest BCUT2D eigenvalue weighted by Crippen LogP contribution is 2.33. The van der Waals surface area contributed by atoms with Crippen LogP contribution in [-0.4, -0.2) is 12.2 Å². The fourth-order valence-corrected chi connectivity index (χ4v) is 2.14. The lowest BCUT2D eigenvalue weighted by Gasteiger charge is -2.13. The maximum absolute atomic E-state index is 9.79. The molecule has 3 nitrogen and oxygen atoms in total. The minimum atomic E-state index is -0.419. The van der Waals surface area contributed by atoms with Gasteiger partial charge in [-0.1, -0.05) is 32.0 Å². The largest absolute Gasteiger partial charge is 0.493 e. The van der Waals surface area contributed by atoms with Crippen molar-refractivity contribution in [2.24, 2.45) is 0 Å². The van der Waals surface area contributed by atoms with Gasteiger partial charge in [0.2, 0.25) is 0 Å². The van der Waals surface area contributed by atoms with Crippen LogP contribution in [-0.2, 0) is 6.42 Å². The van der Waals surface area contributed by atoms with Gasteiger partial charge in [-0.3, -0.25) is 0 Å². The molecule has 0 saturated carbocycles. The zero-order valence-corrected chi connectivity index (χ0v) is 12.8. The minimum Gasteiger partial charge on any atom is -0.493 e. The molecule has 1 N–H and O–H groups in total. The van der Waals surface area contributed by atoms with E-state index in [1.807, 2.05) is 49.4 Å². The molecule has 0 heterocycles. The second kappa shape index (κ2) is 7.14. The number of benzene rings is 2. The van der Waals surface area contributed by atoms with Crippen molar-refractivity contribution in [3.63, 3.8) is 0 Å². The first-order valence-corrected chi connectivity index (χ1v) is 7.30. The Labute approximate surface area is 126 Å². The Morgan fingerprint density at radius 1 is 1.00 bits per heavy atom. The van der Waals surface area contributed by atoms with Crippen molar-refractivity contribution in [2.45, 2.75) is 32.8 Å². The number of rotatable bonds is 6. The molecule has 0 aliphatic rings. The molecule has 2 rings (SSSR count). The van der Waals surface area contributed by atoms with Crippen LogP contribution in [0.2, 0.25) is 0 Å². The Kier molecular flexibility index (Phi) is 5.23. The van der Waals surface area contributed by atoms with Crippen molar-refractivity contribution in [1.29, 1.82) is 0 Å². The number of hydrogen-bond acceptors (Lipinski definition) is 3. The second-order valence-corrected chi connectivity index (χ2v) is 4.93. The monoisotopic (exact) mass is 286 g/mol. The minimum absolute atomic E-state index is 0.419. The SMILES string of the molecule is CCc1ccc(Oc2ccc([C@H](O)CC)cc2)c(OC)c1.